The SMILES string of the molecule is CC(C)n1cc(NCc2cnnn2C)cn1. The minimum atomic E-state index is 0.383. The third-order valence-electron chi connectivity index (χ3n) is 2.41. The normalized spacial score (nSPS) is 11.0. The van der Waals surface area contributed by atoms with E-state index >= 15 is 0 Å². The van der Waals surface area contributed by atoms with Gasteiger partial charge in [0.15, 0.2) is 0 Å². The second-order valence-corrected chi connectivity index (χ2v) is 4.01. The molecule has 0 bridgehead atoms. The summed E-state index contributed by atoms with van der Waals surface area (Å²) in [4.78, 5) is 0. The van der Waals surface area contributed by atoms with Gasteiger partial charge in [-0.25, -0.2) is 0 Å². The molecule has 6 nitrogen and oxygen atoms in total. The molecular formula is C10H16N6. The second-order valence-electron chi connectivity index (χ2n) is 4.01. The van der Waals surface area contributed by atoms with Crippen molar-refractivity contribution in [2.45, 2.75) is 26.4 Å². The Kier molecular flexibility index (Phi) is 2.89. The summed E-state index contributed by atoms with van der Waals surface area (Å²) in [7, 11) is 1.88. The van der Waals surface area contributed by atoms with Crippen LogP contribution in [0.15, 0.2) is 18.6 Å². The molecule has 0 unspecified atom stereocenters. The highest BCUT2D eigenvalue weighted by atomic mass is 15.4. The van der Waals surface area contributed by atoms with Crippen molar-refractivity contribution in [1.29, 1.82) is 0 Å². The minimum absolute atomic E-state index is 0.383. The first-order valence-electron chi connectivity index (χ1n) is 5.28. The van der Waals surface area contributed by atoms with Crippen LogP contribution in [0, 0.1) is 0 Å². The maximum absolute atomic E-state index is 4.25. The number of rotatable bonds is 4. The molecule has 0 radical (unpaired) electrons. The Hall–Kier alpha value is -1.85. The molecule has 0 aliphatic rings. The second kappa shape index (κ2) is 4.34. The third-order valence-corrected chi connectivity index (χ3v) is 2.41. The Morgan fingerprint density at radius 1 is 1.38 bits per heavy atom. The van der Waals surface area contributed by atoms with Gasteiger partial charge in [-0.05, 0) is 13.8 Å². The molecule has 0 aliphatic carbocycles. The summed E-state index contributed by atoms with van der Waals surface area (Å²) >= 11 is 0. The van der Waals surface area contributed by atoms with Crippen molar-refractivity contribution in [3.63, 3.8) is 0 Å². The van der Waals surface area contributed by atoms with E-state index in [-0.39, 0.29) is 0 Å². The van der Waals surface area contributed by atoms with Gasteiger partial charge in [0.2, 0.25) is 0 Å². The smallest absolute Gasteiger partial charge is 0.0774 e. The zero-order valence-corrected chi connectivity index (χ0v) is 9.75. The van der Waals surface area contributed by atoms with E-state index in [0.29, 0.717) is 12.6 Å². The molecule has 0 fully saturated rings. The van der Waals surface area contributed by atoms with Gasteiger partial charge in [0.1, 0.15) is 0 Å². The third kappa shape index (κ3) is 2.21. The van der Waals surface area contributed by atoms with E-state index < -0.39 is 0 Å². The number of hydrogen-bond acceptors (Lipinski definition) is 4. The molecular weight excluding hydrogens is 204 g/mol. The summed E-state index contributed by atoms with van der Waals surface area (Å²) in [5, 5.41) is 15.2. The molecule has 0 spiro atoms. The Morgan fingerprint density at radius 3 is 2.75 bits per heavy atom. The molecule has 1 N–H and O–H groups in total. The number of aromatic nitrogens is 5. The standard InChI is InChI=1S/C10H16N6/c1-8(2)16-7-9(4-13-16)11-5-10-6-12-14-15(10)3/h4,6-8,11H,5H2,1-3H3. The van der Waals surface area contributed by atoms with Crippen LogP contribution in [0.3, 0.4) is 0 Å². The first-order valence-corrected chi connectivity index (χ1v) is 5.28. The van der Waals surface area contributed by atoms with Gasteiger partial charge in [0, 0.05) is 19.3 Å². The molecule has 0 saturated heterocycles. The van der Waals surface area contributed by atoms with Crippen LogP contribution in [0.1, 0.15) is 25.6 Å². The molecule has 6 heteroatoms. The molecule has 0 aliphatic heterocycles. The molecule has 2 heterocycles. The van der Waals surface area contributed by atoms with Gasteiger partial charge in [-0.15, -0.1) is 5.10 Å². The van der Waals surface area contributed by atoms with Crippen LogP contribution in [0.4, 0.5) is 5.69 Å². The number of anilines is 1. The predicted octanol–water partition coefficient (Wildman–Crippen LogP) is 1.20. The molecule has 2 rings (SSSR count). The number of aryl methyl sites for hydroxylation is 1. The summed E-state index contributed by atoms with van der Waals surface area (Å²) in [5.41, 5.74) is 2.05. The van der Waals surface area contributed by atoms with E-state index in [2.05, 4.69) is 34.6 Å². The topological polar surface area (TPSA) is 60.6 Å². The van der Waals surface area contributed by atoms with E-state index in [9.17, 15) is 0 Å². The van der Waals surface area contributed by atoms with E-state index in [1.165, 1.54) is 0 Å². The maximum atomic E-state index is 4.25. The quantitative estimate of drug-likeness (QED) is 0.841. The largest absolute Gasteiger partial charge is 0.377 e. The summed E-state index contributed by atoms with van der Waals surface area (Å²) in [6.07, 6.45) is 5.57. The first kappa shape index (κ1) is 10.7. The van der Waals surface area contributed by atoms with Gasteiger partial charge in [-0.1, -0.05) is 5.21 Å². The summed E-state index contributed by atoms with van der Waals surface area (Å²) in [5.74, 6) is 0. The monoisotopic (exact) mass is 220 g/mol. The fourth-order valence-corrected chi connectivity index (χ4v) is 1.38. The summed E-state index contributed by atoms with van der Waals surface area (Å²) < 4.78 is 3.67. The zero-order valence-electron chi connectivity index (χ0n) is 9.75. The Labute approximate surface area is 94.3 Å². The predicted molar refractivity (Wildman–Crippen MR) is 60.9 cm³/mol. The van der Waals surface area contributed by atoms with E-state index in [1.54, 1.807) is 10.9 Å². The average molecular weight is 220 g/mol. The van der Waals surface area contributed by atoms with Gasteiger partial charge in [0.05, 0.1) is 30.3 Å². The van der Waals surface area contributed by atoms with Gasteiger partial charge in [0.25, 0.3) is 0 Å². The Bertz CT molecular complexity index is 455. The van der Waals surface area contributed by atoms with E-state index in [4.69, 9.17) is 0 Å². The highest BCUT2D eigenvalue weighted by molar-refractivity contribution is 5.38. The van der Waals surface area contributed by atoms with Crippen LogP contribution in [-0.2, 0) is 13.6 Å². The molecule has 0 amide bonds. The number of nitrogens with zero attached hydrogens (tertiary/aromatic N) is 5. The van der Waals surface area contributed by atoms with Crippen LogP contribution >= 0.6 is 0 Å². The van der Waals surface area contributed by atoms with Crippen LogP contribution in [0.5, 0.6) is 0 Å². The fraction of sp³-hybridized carbons (Fsp3) is 0.500. The number of nitrogens with one attached hydrogen (secondary N) is 1. The fourth-order valence-electron chi connectivity index (χ4n) is 1.38. The van der Waals surface area contributed by atoms with E-state index in [1.807, 2.05) is 24.1 Å². The first-order chi connectivity index (χ1) is 7.66. The number of hydrogen-bond donors (Lipinski definition) is 1. The van der Waals surface area contributed by atoms with Crippen LogP contribution in [0.2, 0.25) is 0 Å². The summed E-state index contributed by atoms with van der Waals surface area (Å²) in [6, 6.07) is 0.383. The summed E-state index contributed by atoms with van der Waals surface area (Å²) in [6.45, 7) is 4.90. The molecule has 2 aromatic heterocycles. The molecule has 0 atom stereocenters. The molecule has 86 valence electrons. The average Bonchev–Trinajstić information content (AvgIpc) is 2.83. The van der Waals surface area contributed by atoms with Crippen molar-refractivity contribution in [3.8, 4) is 0 Å². The molecule has 16 heavy (non-hydrogen) atoms. The molecule has 2 aromatic rings. The lowest BCUT2D eigenvalue weighted by atomic mass is 10.4. The van der Waals surface area contributed by atoms with Crippen molar-refractivity contribution in [2.24, 2.45) is 7.05 Å². The van der Waals surface area contributed by atoms with Crippen LogP contribution < -0.4 is 5.32 Å². The van der Waals surface area contributed by atoms with Crippen molar-refractivity contribution in [1.82, 2.24) is 24.8 Å². The maximum Gasteiger partial charge on any atom is 0.0774 e. The van der Waals surface area contributed by atoms with Gasteiger partial charge < -0.3 is 5.32 Å². The van der Waals surface area contributed by atoms with Crippen molar-refractivity contribution in [3.05, 3.63) is 24.3 Å². The molecule has 0 aromatic carbocycles. The zero-order chi connectivity index (χ0) is 11.5. The highest BCUT2D eigenvalue weighted by Gasteiger charge is 2.03. The van der Waals surface area contributed by atoms with Crippen molar-refractivity contribution in [2.75, 3.05) is 5.32 Å². The van der Waals surface area contributed by atoms with E-state index in [0.717, 1.165) is 11.4 Å². The Morgan fingerprint density at radius 2 is 2.19 bits per heavy atom. The highest BCUT2D eigenvalue weighted by Crippen LogP contribution is 2.10. The van der Waals surface area contributed by atoms with Crippen LogP contribution in [0.25, 0.3) is 0 Å². The van der Waals surface area contributed by atoms with Gasteiger partial charge in [-0.2, -0.15) is 5.10 Å². The Balaban J connectivity index is 1.97. The lowest BCUT2D eigenvalue weighted by Gasteiger charge is -2.04. The van der Waals surface area contributed by atoms with Crippen molar-refractivity contribution < 1.29 is 0 Å². The van der Waals surface area contributed by atoms with Gasteiger partial charge >= 0.3 is 0 Å². The lowest BCUT2D eigenvalue weighted by molar-refractivity contribution is 0.532. The van der Waals surface area contributed by atoms with Gasteiger partial charge in [-0.3, -0.25) is 9.36 Å². The lowest BCUT2D eigenvalue weighted by Crippen LogP contribution is -2.05. The minimum Gasteiger partial charge on any atom is -0.377 e. The van der Waals surface area contributed by atoms with Crippen molar-refractivity contribution >= 4 is 5.69 Å². The van der Waals surface area contributed by atoms with Crippen LogP contribution in [-0.4, -0.2) is 24.8 Å². The molecule has 0 saturated carbocycles.